The van der Waals surface area contributed by atoms with Gasteiger partial charge < -0.3 is 4.57 Å². The number of nitrogens with zero attached hydrogens (tertiary/aromatic N) is 2. The quantitative estimate of drug-likeness (QED) is 0.750. The molecule has 2 nitrogen and oxygen atoms in total. The molecule has 17 heavy (non-hydrogen) atoms. The van der Waals surface area contributed by atoms with Gasteiger partial charge in [0.1, 0.15) is 5.52 Å². The molecule has 6 heteroatoms. The van der Waals surface area contributed by atoms with Crippen molar-refractivity contribution in [1.29, 1.82) is 0 Å². The topological polar surface area (TPSA) is 17.8 Å². The fourth-order valence-electron chi connectivity index (χ4n) is 1.81. The number of imidazole rings is 1. The lowest BCUT2D eigenvalue weighted by Crippen LogP contribution is -2.06. The second-order valence-corrected chi connectivity index (χ2v) is 4.35. The van der Waals surface area contributed by atoms with Gasteiger partial charge in [0.15, 0.2) is 0 Å². The molecule has 0 N–H and O–H groups in total. The van der Waals surface area contributed by atoms with Gasteiger partial charge in [0.05, 0.1) is 11.1 Å². The number of rotatable bonds is 1. The van der Waals surface area contributed by atoms with E-state index in [2.05, 4.69) is 4.98 Å². The second-order valence-electron chi connectivity index (χ2n) is 4.02. The highest BCUT2D eigenvalue weighted by molar-refractivity contribution is 6.29. The van der Waals surface area contributed by atoms with Gasteiger partial charge in [-0.05, 0) is 37.6 Å². The summed E-state index contributed by atoms with van der Waals surface area (Å²) in [6.07, 6.45) is -4.42. The van der Waals surface area contributed by atoms with E-state index in [-0.39, 0.29) is 16.8 Å². The third-order valence-electron chi connectivity index (χ3n) is 2.50. The van der Waals surface area contributed by atoms with E-state index >= 15 is 0 Å². The van der Waals surface area contributed by atoms with Crippen molar-refractivity contribution < 1.29 is 13.2 Å². The first-order valence-electron chi connectivity index (χ1n) is 5.06. The predicted molar refractivity (Wildman–Crippen MR) is 60.1 cm³/mol. The Morgan fingerprint density at radius 2 is 1.94 bits per heavy atom. The van der Waals surface area contributed by atoms with E-state index in [1.807, 2.05) is 13.8 Å². The molecule has 0 aliphatic rings. The van der Waals surface area contributed by atoms with Crippen molar-refractivity contribution in [2.75, 3.05) is 0 Å². The van der Waals surface area contributed by atoms with Crippen molar-refractivity contribution in [3.8, 4) is 0 Å². The molecule has 0 radical (unpaired) electrons. The van der Waals surface area contributed by atoms with E-state index < -0.39 is 11.7 Å². The largest absolute Gasteiger partial charge is 0.418 e. The summed E-state index contributed by atoms with van der Waals surface area (Å²) in [6, 6.07) is 3.91. The maximum Gasteiger partial charge on any atom is 0.418 e. The number of benzene rings is 1. The van der Waals surface area contributed by atoms with Crippen molar-refractivity contribution >= 4 is 22.6 Å². The first-order valence-corrected chi connectivity index (χ1v) is 5.44. The number of halogens is 4. The summed E-state index contributed by atoms with van der Waals surface area (Å²) in [5.41, 5.74) is -0.449. The fourth-order valence-corrected chi connectivity index (χ4v) is 2.18. The minimum atomic E-state index is -4.42. The molecule has 0 saturated heterocycles. The standard InChI is InChI=1S/C11H10ClF3N2/c1-6(2)17-8-5-3-4-7(11(13,14)15)9(8)16-10(17)12/h3-6H,1-2H3. The van der Waals surface area contributed by atoms with Crippen LogP contribution in [0.4, 0.5) is 13.2 Å². The van der Waals surface area contributed by atoms with Crippen LogP contribution >= 0.6 is 11.6 Å². The van der Waals surface area contributed by atoms with Gasteiger partial charge in [-0.1, -0.05) is 6.07 Å². The van der Waals surface area contributed by atoms with Crippen LogP contribution in [-0.4, -0.2) is 9.55 Å². The predicted octanol–water partition coefficient (Wildman–Crippen LogP) is 4.29. The zero-order chi connectivity index (χ0) is 12.8. The molecule has 0 unspecified atom stereocenters. The van der Waals surface area contributed by atoms with Crippen molar-refractivity contribution in [3.05, 3.63) is 29.0 Å². The minimum absolute atomic E-state index is 0.0454. The molecule has 2 rings (SSSR count). The normalized spacial score (nSPS) is 12.6. The average Bonchev–Trinajstić information content (AvgIpc) is 2.51. The molecule has 0 aliphatic carbocycles. The Labute approximate surface area is 101 Å². The molecule has 1 aromatic carbocycles. The Morgan fingerprint density at radius 1 is 1.29 bits per heavy atom. The zero-order valence-electron chi connectivity index (χ0n) is 9.22. The van der Waals surface area contributed by atoms with Gasteiger partial charge in [-0.2, -0.15) is 13.2 Å². The SMILES string of the molecule is CC(C)n1c(Cl)nc2c(C(F)(F)F)cccc21. The van der Waals surface area contributed by atoms with E-state index in [4.69, 9.17) is 11.6 Å². The third-order valence-corrected chi connectivity index (χ3v) is 2.77. The maximum absolute atomic E-state index is 12.8. The van der Waals surface area contributed by atoms with Gasteiger partial charge in [0.25, 0.3) is 0 Å². The molecule has 0 atom stereocenters. The monoisotopic (exact) mass is 262 g/mol. The molecule has 0 bridgehead atoms. The molecular formula is C11H10ClF3N2. The van der Waals surface area contributed by atoms with Crippen LogP contribution in [0.3, 0.4) is 0 Å². The summed E-state index contributed by atoms with van der Waals surface area (Å²) in [6.45, 7) is 3.68. The van der Waals surface area contributed by atoms with Crippen LogP contribution in [0.1, 0.15) is 25.5 Å². The van der Waals surface area contributed by atoms with Crippen LogP contribution in [0.25, 0.3) is 11.0 Å². The van der Waals surface area contributed by atoms with Gasteiger partial charge in [-0.25, -0.2) is 4.98 Å². The van der Waals surface area contributed by atoms with Gasteiger partial charge >= 0.3 is 6.18 Å². The van der Waals surface area contributed by atoms with E-state index in [0.717, 1.165) is 6.07 Å². The zero-order valence-corrected chi connectivity index (χ0v) is 9.97. The molecule has 1 heterocycles. The molecule has 0 saturated carbocycles. The number of hydrogen-bond donors (Lipinski definition) is 0. The number of fused-ring (bicyclic) bond motifs is 1. The highest BCUT2D eigenvalue weighted by atomic mass is 35.5. The van der Waals surface area contributed by atoms with E-state index in [9.17, 15) is 13.2 Å². The van der Waals surface area contributed by atoms with Crippen molar-refractivity contribution in [2.24, 2.45) is 0 Å². The first-order chi connectivity index (χ1) is 7.82. The average molecular weight is 263 g/mol. The van der Waals surface area contributed by atoms with E-state index in [0.29, 0.717) is 5.52 Å². The van der Waals surface area contributed by atoms with Gasteiger partial charge in [0, 0.05) is 6.04 Å². The summed E-state index contributed by atoms with van der Waals surface area (Å²) in [5, 5.41) is 0.0756. The summed E-state index contributed by atoms with van der Waals surface area (Å²) in [4.78, 5) is 3.81. The summed E-state index contributed by atoms with van der Waals surface area (Å²) in [5.74, 6) is 0. The second kappa shape index (κ2) is 3.91. The lowest BCUT2D eigenvalue weighted by molar-refractivity contribution is -0.136. The highest BCUT2D eigenvalue weighted by Gasteiger charge is 2.34. The maximum atomic E-state index is 12.8. The van der Waals surface area contributed by atoms with Crippen LogP contribution in [0.2, 0.25) is 5.28 Å². The summed E-state index contributed by atoms with van der Waals surface area (Å²) in [7, 11) is 0. The molecule has 92 valence electrons. The van der Waals surface area contributed by atoms with Crippen LogP contribution in [0.15, 0.2) is 18.2 Å². The lowest BCUT2D eigenvalue weighted by Gasteiger charge is -2.10. The fraction of sp³-hybridized carbons (Fsp3) is 0.364. The summed E-state index contributed by atoms with van der Waals surface area (Å²) >= 11 is 5.87. The summed E-state index contributed by atoms with van der Waals surface area (Å²) < 4.78 is 39.9. The van der Waals surface area contributed by atoms with Gasteiger partial charge in [-0.3, -0.25) is 0 Å². The molecule has 0 fully saturated rings. The van der Waals surface area contributed by atoms with Crippen molar-refractivity contribution in [3.63, 3.8) is 0 Å². The van der Waals surface area contributed by atoms with Crippen molar-refractivity contribution in [2.45, 2.75) is 26.1 Å². The molecule has 1 aromatic heterocycles. The first kappa shape index (κ1) is 12.2. The lowest BCUT2D eigenvalue weighted by atomic mass is 10.1. The molecular weight excluding hydrogens is 253 g/mol. The minimum Gasteiger partial charge on any atom is -0.312 e. The third kappa shape index (κ3) is 1.99. The number of para-hydroxylation sites is 1. The Bertz CT molecular complexity index is 558. The Morgan fingerprint density at radius 3 is 2.47 bits per heavy atom. The highest BCUT2D eigenvalue weighted by Crippen LogP contribution is 2.36. The van der Waals surface area contributed by atoms with Crippen LogP contribution < -0.4 is 0 Å². The van der Waals surface area contributed by atoms with Crippen LogP contribution in [0, 0.1) is 0 Å². The number of hydrogen-bond acceptors (Lipinski definition) is 1. The molecule has 0 amide bonds. The Kier molecular flexibility index (Phi) is 2.81. The van der Waals surface area contributed by atoms with E-state index in [1.54, 1.807) is 10.6 Å². The molecule has 2 aromatic rings. The number of alkyl halides is 3. The van der Waals surface area contributed by atoms with Crippen LogP contribution in [-0.2, 0) is 6.18 Å². The van der Waals surface area contributed by atoms with Gasteiger partial charge in [0.2, 0.25) is 5.28 Å². The number of aromatic nitrogens is 2. The molecule has 0 spiro atoms. The van der Waals surface area contributed by atoms with E-state index in [1.165, 1.54) is 6.07 Å². The molecule has 0 aliphatic heterocycles. The Balaban J connectivity index is 2.80. The van der Waals surface area contributed by atoms with Crippen LogP contribution in [0.5, 0.6) is 0 Å². The Hall–Kier alpha value is -1.23. The van der Waals surface area contributed by atoms with Gasteiger partial charge in [-0.15, -0.1) is 0 Å². The smallest absolute Gasteiger partial charge is 0.312 e. The van der Waals surface area contributed by atoms with Crippen molar-refractivity contribution in [1.82, 2.24) is 9.55 Å².